The van der Waals surface area contributed by atoms with Crippen molar-refractivity contribution in [1.82, 2.24) is 14.9 Å². The number of nitrogens with zero attached hydrogens (tertiary/aromatic N) is 3. The maximum absolute atomic E-state index is 11.6. The minimum atomic E-state index is -0.238. The Hall–Kier alpha value is -1.60. The molecule has 0 aliphatic carbocycles. The standard InChI is InChI=1S/C12H21N5O2/c1-19-10-11(14-9-15-12(10)18)17-7-5-16(6-8-17)4-2-3-13/h9H,2-8,13H2,1H3,(H,14,15,18). The summed E-state index contributed by atoms with van der Waals surface area (Å²) in [6.45, 7) is 5.36. The van der Waals surface area contributed by atoms with Crippen LogP contribution in [0.3, 0.4) is 0 Å². The molecule has 7 heteroatoms. The molecule has 0 atom stereocenters. The van der Waals surface area contributed by atoms with Crippen LogP contribution in [-0.2, 0) is 0 Å². The molecule has 0 radical (unpaired) electrons. The highest BCUT2D eigenvalue weighted by Crippen LogP contribution is 2.21. The third-order valence-corrected chi connectivity index (χ3v) is 3.35. The van der Waals surface area contributed by atoms with Crippen LogP contribution in [0.15, 0.2) is 11.1 Å². The number of nitrogens with one attached hydrogen (secondary N) is 1. The molecule has 0 amide bonds. The maximum Gasteiger partial charge on any atom is 0.295 e. The van der Waals surface area contributed by atoms with Crippen LogP contribution in [0.5, 0.6) is 5.75 Å². The maximum atomic E-state index is 11.6. The fourth-order valence-corrected chi connectivity index (χ4v) is 2.29. The van der Waals surface area contributed by atoms with Gasteiger partial charge >= 0.3 is 0 Å². The van der Waals surface area contributed by atoms with Crippen LogP contribution in [0.25, 0.3) is 0 Å². The molecule has 0 spiro atoms. The van der Waals surface area contributed by atoms with E-state index >= 15 is 0 Å². The van der Waals surface area contributed by atoms with Gasteiger partial charge < -0.3 is 20.4 Å². The lowest BCUT2D eigenvalue weighted by molar-refractivity contribution is 0.255. The quantitative estimate of drug-likeness (QED) is 0.730. The number of aromatic nitrogens is 2. The van der Waals surface area contributed by atoms with Crippen LogP contribution in [0.1, 0.15) is 6.42 Å². The fourth-order valence-electron chi connectivity index (χ4n) is 2.29. The summed E-state index contributed by atoms with van der Waals surface area (Å²) >= 11 is 0. The molecule has 1 fully saturated rings. The Morgan fingerprint density at radius 2 is 2.16 bits per heavy atom. The van der Waals surface area contributed by atoms with Crippen molar-refractivity contribution in [1.29, 1.82) is 0 Å². The van der Waals surface area contributed by atoms with Gasteiger partial charge in [0.1, 0.15) is 0 Å². The summed E-state index contributed by atoms with van der Waals surface area (Å²) in [7, 11) is 1.49. The number of anilines is 1. The molecule has 7 nitrogen and oxygen atoms in total. The van der Waals surface area contributed by atoms with Crippen molar-refractivity contribution < 1.29 is 4.74 Å². The van der Waals surface area contributed by atoms with Gasteiger partial charge in [0, 0.05) is 26.2 Å². The van der Waals surface area contributed by atoms with Crippen molar-refractivity contribution in [3.63, 3.8) is 0 Å². The third kappa shape index (κ3) is 3.24. The summed E-state index contributed by atoms with van der Waals surface area (Å²) in [5.74, 6) is 0.919. The van der Waals surface area contributed by atoms with Crippen molar-refractivity contribution in [2.24, 2.45) is 5.73 Å². The zero-order valence-electron chi connectivity index (χ0n) is 11.3. The summed E-state index contributed by atoms with van der Waals surface area (Å²) in [5.41, 5.74) is 5.28. The zero-order chi connectivity index (χ0) is 13.7. The van der Waals surface area contributed by atoms with Gasteiger partial charge in [-0.15, -0.1) is 0 Å². The molecule has 0 aromatic carbocycles. The second kappa shape index (κ2) is 6.53. The molecule has 1 aromatic rings. The Bertz CT molecular complexity index is 454. The zero-order valence-corrected chi connectivity index (χ0v) is 11.3. The average molecular weight is 267 g/mol. The molecule has 1 aliphatic heterocycles. The second-order valence-electron chi connectivity index (χ2n) is 4.56. The molecule has 0 bridgehead atoms. The summed E-state index contributed by atoms with van der Waals surface area (Å²) in [6.07, 6.45) is 2.44. The van der Waals surface area contributed by atoms with E-state index in [-0.39, 0.29) is 11.3 Å². The summed E-state index contributed by atoms with van der Waals surface area (Å²) in [6, 6.07) is 0. The van der Waals surface area contributed by atoms with Crippen LogP contribution in [0, 0.1) is 0 Å². The first-order valence-corrected chi connectivity index (χ1v) is 6.55. The molecular formula is C12H21N5O2. The Kier molecular flexibility index (Phi) is 4.75. The molecule has 19 heavy (non-hydrogen) atoms. The Balaban J connectivity index is 2.02. The number of hydrogen-bond acceptors (Lipinski definition) is 6. The van der Waals surface area contributed by atoms with Crippen molar-refractivity contribution in [2.75, 3.05) is 51.3 Å². The Labute approximate surface area is 112 Å². The molecule has 2 rings (SSSR count). The molecule has 1 aromatic heterocycles. The molecule has 1 aliphatic rings. The van der Waals surface area contributed by atoms with E-state index in [1.54, 1.807) is 0 Å². The average Bonchev–Trinajstić information content (AvgIpc) is 2.45. The van der Waals surface area contributed by atoms with Gasteiger partial charge in [-0.3, -0.25) is 9.69 Å². The van der Waals surface area contributed by atoms with Gasteiger partial charge in [0.2, 0.25) is 5.75 Å². The molecule has 3 N–H and O–H groups in total. The van der Waals surface area contributed by atoms with E-state index in [4.69, 9.17) is 10.5 Å². The van der Waals surface area contributed by atoms with Crippen molar-refractivity contribution in [2.45, 2.75) is 6.42 Å². The first-order valence-electron chi connectivity index (χ1n) is 6.55. The van der Waals surface area contributed by atoms with Gasteiger partial charge in [-0.25, -0.2) is 4.98 Å². The number of H-pyrrole nitrogens is 1. The normalized spacial score (nSPS) is 16.6. The highest BCUT2D eigenvalue weighted by Gasteiger charge is 2.21. The number of hydrogen-bond donors (Lipinski definition) is 2. The van der Waals surface area contributed by atoms with E-state index in [0.29, 0.717) is 5.82 Å². The molecule has 106 valence electrons. The lowest BCUT2D eigenvalue weighted by Crippen LogP contribution is -2.47. The molecule has 0 saturated carbocycles. The van der Waals surface area contributed by atoms with Gasteiger partial charge in [0.05, 0.1) is 13.4 Å². The smallest absolute Gasteiger partial charge is 0.295 e. The van der Waals surface area contributed by atoms with Crippen LogP contribution in [-0.4, -0.2) is 61.2 Å². The first-order chi connectivity index (χ1) is 9.26. The number of ether oxygens (including phenoxy) is 1. The number of nitrogens with two attached hydrogens (primary N) is 1. The monoisotopic (exact) mass is 267 g/mol. The molecule has 1 saturated heterocycles. The van der Waals surface area contributed by atoms with Crippen molar-refractivity contribution in [3.8, 4) is 5.75 Å². The molecule has 2 heterocycles. The van der Waals surface area contributed by atoms with E-state index in [1.165, 1.54) is 13.4 Å². The molecule has 0 unspecified atom stereocenters. The highest BCUT2D eigenvalue weighted by molar-refractivity contribution is 5.50. The van der Waals surface area contributed by atoms with Gasteiger partial charge in [-0.2, -0.15) is 0 Å². The summed E-state index contributed by atoms with van der Waals surface area (Å²) in [5, 5.41) is 0. The number of rotatable bonds is 5. The first kappa shape index (κ1) is 13.8. The van der Waals surface area contributed by atoms with E-state index in [1.807, 2.05) is 0 Å². The number of aromatic amines is 1. The van der Waals surface area contributed by atoms with Crippen molar-refractivity contribution in [3.05, 3.63) is 16.7 Å². The highest BCUT2D eigenvalue weighted by atomic mass is 16.5. The summed E-state index contributed by atoms with van der Waals surface area (Å²) in [4.78, 5) is 22.9. The van der Waals surface area contributed by atoms with Crippen LogP contribution >= 0.6 is 0 Å². The Morgan fingerprint density at radius 1 is 1.42 bits per heavy atom. The minimum absolute atomic E-state index is 0.238. The summed E-state index contributed by atoms with van der Waals surface area (Å²) < 4.78 is 5.14. The van der Waals surface area contributed by atoms with Crippen LogP contribution in [0.2, 0.25) is 0 Å². The number of methoxy groups -OCH3 is 1. The van der Waals surface area contributed by atoms with E-state index < -0.39 is 0 Å². The SMILES string of the molecule is COc1c(N2CCN(CCCN)CC2)nc[nH]c1=O. The third-order valence-electron chi connectivity index (χ3n) is 3.35. The lowest BCUT2D eigenvalue weighted by atomic mass is 10.3. The van der Waals surface area contributed by atoms with E-state index in [0.717, 1.165) is 45.7 Å². The van der Waals surface area contributed by atoms with Gasteiger partial charge in [0.25, 0.3) is 5.56 Å². The second-order valence-corrected chi connectivity index (χ2v) is 4.56. The number of piperazine rings is 1. The predicted molar refractivity (Wildman–Crippen MR) is 73.7 cm³/mol. The molecular weight excluding hydrogens is 246 g/mol. The van der Waals surface area contributed by atoms with Crippen LogP contribution < -0.4 is 20.9 Å². The van der Waals surface area contributed by atoms with Gasteiger partial charge in [-0.05, 0) is 19.5 Å². The van der Waals surface area contributed by atoms with Gasteiger partial charge in [0.15, 0.2) is 5.82 Å². The van der Waals surface area contributed by atoms with Crippen molar-refractivity contribution >= 4 is 5.82 Å². The van der Waals surface area contributed by atoms with Crippen LogP contribution in [0.4, 0.5) is 5.82 Å². The minimum Gasteiger partial charge on any atom is -0.489 e. The topological polar surface area (TPSA) is 87.5 Å². The van der Waals surface area contributed by atoms with Gasteiger partial charge in [-0.1, -0.05) is 0 Å². The fraction of sp³-hybridized carbons (Fsp3) is 0.667. The largest absolute Gasteiger partial charge is 0.489 e. The predicted octanol–water partition coefficient (Wildman–Crippen LogP) is -0.751. The lowest BCUT2D eigenvalue weighted by Gasteiger charge is -2.35. The van der Waals surface area contributed by atoms with E-state index in [2.05, 4.69) is 19.8 Å². The Morgan fingerprint density at radius 3 is 2.79 bits per heavy atom. The van der Waals surface area contributed by atoms with E-state index in [9.17, 15) is 4.79 Å².